The van der Waals surface area contributed by atoms with E-state index in [1.54, 1.807) is 0 Å². The fraction of sp³-hybridized carbons (Fsp3) is 0.810. The first kappa shape index (κ1) is 16.6. The first-order valence-corrected chi connectivity index (χ1v) is 9.54. The maximum atomic E-state index is 10.5. The second kappa shape index (κ2) is 5.10. The molecule has 0 aliphatic heterocycles. The van der Waals surface area contributed by atoms with E-state index in [-0.39, 0.29) is 16.7 Å². The Hall–Kier alpha value is -0.820. The summed E-state index contributed by atoms with van der Waals surface area (Å²) >= 11 is 0. The lowest BCUT2D eigenvalue weighted by Crippen LogP contribution is -2.55. The summed E-state index contributed by atoms with van der Waals surface area (Å²) in [7, 11) is 0. The molecule has 3 heteroatoms. The van der Waals surface area contributed by atoms with Crippen molar-refractivity contribution < 1.29 is 15.3 Å². The summed E-state index contributed by atoms with van der Waals surface area (Å²) in [5.41, 5.74) is 0.970. The molecule has 0 saturated heterocycles. The van der Waals surface area contributed by atoms with E-state index in [0.717, 1.165) is 38.5 Å². The Balaban J connectivity index is 1.72. The zero-order chi connectivity index (χ0) is 17.3. The highest BCUT2D eigenvalue weighted by Gasteiger charge is 2.63. The second-order valence-corrected chi connectivity index (χ2v) is 9.25. The predicted octanol–water partition coefficient (Wildman–Crippen LogP) is 2.85. The number of aliphatic hydroxyl groups is 3. The van der Waals surface area contributed by atoms with Crippen LogP contribution in [0.4, 0.5) is 0 Å². The molecule has 0 radical (unpaired) electrons. The van der Waals surface area contributed by atoms with E-state index in [1.165, 1.54) is 5.57 Å². The van der Waals surface area contributed by atoms with E-state index in [9.17, 15) is 15.3 Å². The molecule has 24 heavy (non-hydrogen) atoms. The quantitative estimate of drug-likeness (QED) is 0.364. The number of terminal acetylenes is 1. The average Bonchev–Trinajstić information content (AvgIpc) is 2.78. The Morgan fingerprint density at radius 3 is 2.50 bits per heavy atom. The van der Waals surface area contributed by atoms with E-state index < -0.39 is 11.9 Å². The standard InChI is InChI=1S/C21H30O3/c1-4-13-15-6-5-14-16(19(15,2)10-9-18(13)22)7-11-20(3)17(14)8-12-21(20,23)24/h1,6,13-14,16-18,22-24H,5,7-12H2,2-3H3/t13-,14-,16+,17+,18-,19+,20+/m1/s1. The summed E-state index contributed by atoms with van der Waals surface area (Å²) in [5, 5.41) is 31.4. The van der Waals surface area contributed by atoms with Crippen molar-refractivity contribution in [1.29, 1.82) is 0 Å². The lowest BCUT2D eigenvalue weighted by molar-refractivity contribution is -0.246. The molecular formula is C21H30O3. The molecule has 0 bridgehead atoms. The van der Waals surface area contributed by atoms with Crippen LogP contribution in [0, 0.1) is 46.8 Å². The van der Waals surface area contributed by atoms with Crippen molar-refractivity contribution in [3.63, 3.8) is 0 Å². The molecule has 0 heterocycles. The van der Waals surface area contributed by atoms with Gasteiger partial charge in [-0.2, -0.15) is 0 Å². The van der Waals surface area contributed by atoms with Crippen molar-refractivity contribution in [2.24, 2.45) is 34.5 Å². The Labute approximate surface area is 145 Å². The van der Waals surface area contributed by atoms with Crippen molar-refractivity contribution in [3.8, 4) is 12.3 Å². The number of fused-ring (bicyclic) bond motifs is 5. The van der Waals surface area contributed by atoms with Gasteiger partial charge < -0.3 is 15.3 Å². The molecule has 3 nitrogen and oxygen atoms in total. The number of rotatable bonds is 0. The van der Waals surface area contributed by atoms with Gasteiger partial charge in [0.1, 0.15) is 0 Å². The second-order valence-electron chi connectivity index (χ2n) is 9.25. The van der Waals surface area contributed by atoms with Crippen molar-refractivity contribution in [1.82, 2.24) is 0 Å². The Bertz CT molecular complexity index is 615. The van der Waals surface area contributed by atoms with Gasteiger partial charge in [-0.05, 0) is 61.7 Å². The van der Waals surface area contributed by atoms with E-state index in [1.807, 2.05) is 0 Å². The topological polar surface area (TPSA) is 60.7 Å². The van der Waals surface area contributed by atoms with Crippen LogP contribution in [-0.4, -0.2) is 27.2 Å². The molecule has 4 aliphatic rings. The molecule has 4 aliphatic carbocycles. The monoisotopic (exact) mass is 330 g/mol. The molecule has 0 aromatic heterocycles. The van der Waals surface area contributed by atoms with E-state index in [4.69, 9.17) is 6.42 Å². The van der Waals surface area contributed by atoms with Crippen LogP contribution in [0.1, 0.15) is 58.8 Å². The summed E-state index contributed by atoms with van der Waals surface area (Å²) in [5.74, 6) is 2.61. The highest BCUT2D eigenvalue weighted by Crippen LogP contribution is 2.67. The van der Waals surface area contributed by atoms with Crippen molar-refractivity contribution in [3.05, 3.63) is 11.6 Å². The van der Waals surface area contributed by atoms with Gasteiger partial charge in [-0.1, -0.05) is 31.4 Å². The van der Waals surface area contributed by atoms with Gasteiger partial charge >= 0.3 is 0 Å². The summed E-state index contributed by atoms with van der Waals surface area (Å²) in [6.45, 7) is 4.42. The third-order valence-corrected chi connectivity index (χ3v) is 8.49. The van der Waals surface area contributed by atoms with Crippen molar-refractivity contribution >= 4 is 0 Å². The minimum absolute atomic E-state index is 0.0661. The lowest BCUT2D eigenvalue weighted by atomic mass is 9.46. The third kappa shape index (κ3) is 1.91. The molecule has 0 amide bonds. The first-order chi connectivity index (χ1) is 11.2. The van der Waals surface area contributed by atoms with E-state index in [0.29, 0.717) is 24.2 Å². The molecule has 4 rings (SSSR count). The van der Waals surface area contributed by atoms with Crippen molar-refractivity contribution in [2.45, 2.75) is 70.7 Å². The van der Waals surface area contributed by atoms with Crippen LogP contribution in [0.5, 0.6) is 0 Å². The lowest BCUT2D eigenvalue weighted by Gasteiger charge is -2.59. The van der Waals surface area contributed by atoms with E-state index >= 15 is 0 Å². The fourth-order valence-electron chi connectivity index (χ4n) is 6.94. The van der Waals surface area contributed by atoms with Crippen LogP contribution in [0.15, 0.2) is 11.6 Å². The number of allylic oxidation sites excluding steroid dienone is 1. The Morgan fingerprint density at radius 2 is 1.79 bits per heavy atom. The average molecular weight is 330 g/mol. The largest absolute Gasteiger partial charge is 0.391 e. The SMILES string of the molecule is C#C[C@@H]1C2=CC[C@@H]3[C@H](CC[C@@]4(C)[C@H]3CCC4(O)O)[C@@]2(C)CC[C@H]1O. The van der Waals surface area contributed by atoms with Crippen LogP contribution in [0.3, 0.4) is 0 Å². The molecule has 3 saturated carbocycles. The normalized spacial score (nSPS) is 52.5. The van der Waals surface area contributed by atoms with Gasteiger partial charge in [-0.3, -0.25) is 0 Å². The van der Waals surface area contributed by atoms with Crippen LogP contribution in [-0.2, 0) is 0 Å². The summed E-state index contributed by atoms with van der Waals surface area (Å²) in [6, 6.07) is 0. The van der Waals surface area contributed by atoms with Gasteiger partial charge in [0, 0.05) is 11.8 Å². The number of hydrogen-bond donors (Lipinski definition) is 3. The highest BCUT2D eigenvalue weighted by molar-refractivity contribution is 5.33. The number of aliphatic hydroxyl groups excluding tert-OH is 1. The van der Waals surface area contributed by atoms with Gasteiger partial charge in [0.2, 0.25) is 0 Å². The Kier molecular flexibility index (Phi) is 3.53. The molecular weight excluding hydrogens is 300 g/mol. The molecule has 132 valence electrons. The van der Waals surface area contributed by atoms with Crippen LogP contribution in [0.2, 0.25) is 0 Å². The smallest absolute Gasteiger partial charge is 0.168 e. The minimum Gasteiger partial charge on any atom is -0.391 e. The maximum absolute atomic E-state index is 10.5. The van der Waals surface area contributed by atoms with Gasteiger partial charge in [0.15, 0.2) is 5.79 Å². The highest BCUT2D eigenvalue weighted by atomic mass is 16.5. The van der Waals surface area contributed by atoms with Crippen LogP contribution in [0.25, 0.3) is 0 Å². The summed E-state index contributed by atoms with van der Waals surface area (Å²) in [6.07, 6.45) is 13.7. The van der Waals surface area contributed by atoms with Crippen molar-refractivity contribution in [2.75, 3.05) is 0 Å². The molecule has 0 aromatic carbocycles. The minimum atomic E-state index is -1.52. The zero-order valence-electron chi connectivity index (χ0n) is 14.8. The van der Waals surface area contributed by atoms with Gasteiger partial charge in [0.25, 0.3) is 0 Å². The molecule has 0 aromatic rings. The van der Waals surface area contributed by atoms with Gasteiger partial charge in [-0.25, -0.2) is 0 Å². The Morgan fingerprint density at radius 1 is 1.08 bits per heavy atom. The molecule has 3 fully saturated rings. The van der Waals surface area contributed by atoms with Crippen LogP contribution < -0.4 is 0 Å². The predicted molar refractivity (Wildman–Crippen MR) is 92.6 cm³/mol. The number of hydrogen-bond acceptors (Lipinski definition) is 3. The maximum Gasteiger partial charge on any atom is 0.168 e. The summed E-state index contributed by atoms with van der Waals surface area (Å²) < 4.78 is 0. The van der Waals surface area contributed by atoms with E-state index in [2.05, 4.69) is 25.8 Å². The first-order valence-electron chi connectivity index (χ1n) is 9.54. The molecule has 0 unspecified atom stereocenters. The molecule has 0 spiro atoms. The zero-order valence-corrected chi connectivity index (χ0v) is 14.8. The van der Waals surface area contributed by atoms with Gasteiger partial charge in [-0.15, -0.1) is 6.42 Å². The van der Waals surface area contributed by atoms with Crippen LogP contribution >= 0.6 is 0 Å². The molecule has 7 atom stereocenters. The van der Waals surface area contributed by atoms with Gasteiger partial charge in [0.05, 0.1) is 12.0 Å². The fourth-order valence-corrected chi connectivity index (χ4v) is 6.94. The third-order valence-electron chi connectivity index (χ3n) is 8.49. The summed E-state index contributed by atoms with van der Waals surface area (Å²) in [4.78, 5) is 0. The molecule has 3 N–H and O–H groups in total.